The number of amides is 3. The predicted molar refractivity (Wildman–Crippen MR) is 77.5 cm³/mol. The Morgan fingerprint density at radius 3 is 2.81 bits per heavy atom. The SMILES string of the molecule is CCC(C)NC(=O)NCC(=O)Nc1ccc2c(c1)OCO2. The molecule has 0 radical (unpaired) electrons. The van der Waals surface area contributed by atoms with Gasteiger partial charge in [0.1, 0.15) is 0 Å². The lowest BCUT2D eigenvalue weighted by Gasteiger charge is -2.12. The molecule has 0 spiro atoms. The Hall–Kier alpha value is -2.44. The summed E-state index contributed by atoms with van der Waals surface area (Å²) >= 11 is 0. The summed E-state index contributed by atoms with van der Waals surface area (Å²) < 4.78 is 10.4. The molecule has 1 aliphatic rings. The molecule has 1 atom stereocenters. The average molecular weight is 293 g/mol. The van der Waals surface area contributed by atoms with Gasteiger partial charge in [0.2, 0.25) is 12.7 Å². The van der Waals surface area contributed by atoms with E-state index >= 15 is 0 Å². The van der Waals surface area contributed by atoms with E-state index in [-0.39, 0.29) is 31.3 Å². The van der Waals surface area contributed by atoms with Crippen molar-refractivity contribution in [1.82, 2.24) is 10.6 Å². The molecular formula is C14H19N3O4. The Balaban J connectivity index is 1.78. The summed E-state index contributed by atoms with van der Waals surface area (Å²) in [4.78, 5) is 23.2. The van der Waals surface area contributed by atoms with Gasteiger partial charge >= 0.3 is 6.03 Å². The van der Waals surface area contributed by atoms with Crippen molar-refractivity contribution in [3.63, 3.8) is 0 Å². The maximum atomic E-state index is 11.7. The van der Waals surface area contributed by atoms with E-state index in [1.54, 1.807) is 18.2 Å². The fourth-order valence-electron chi connectivity index (χ4n) is 1.72. The fraction of sp³-hybridized carbons (Fsp3) is 0.429. The summed E-state index contributed by atoms with van der Waals surface area (Å²) in [5, 5.41) is 7.90. The molecule has 0 saturated carbocycles. The largest absolute Gasteiger partial charge is 0.454 e. The number of fused-ring (bicyclic) bond motifs is 1. The first-order chi connectivity index (χ1) is 10.1. The van der Waals surface area contributed by atoms with Crippen molar-refractivity contribution in [2.24, 2.45) is 0 Å². The van der Waals surface area contributed by atoms with Crippen molar-refractivity contribution in [3.8, 4) is 11.5 Å². The zero-order valence-corrected chi connectivity index (χ0v) is 12.1. The van der Waals surface area contributed by atoms with E-state index in [1.165, 1.54) is 0 Å². The molecule has 3 N–H and O–H groups in total. The standard InChI is InChI=1S/C14H19N3O4/c1-3-9(2)16-14(19)15-7-13(18)17-10-4-5-11-12(6-10)21-8-20-11/h4-6,9H,3,7-8H2,1-2H3,(H,17,18)(H2,15,16,19). The minimum atomic E-state index is -0.356. The number of benzene rings is 1. The second-order valence-electron chi connectivity index (χ2n) is 4.75. The van der Waals surface area contributed by atoms with Crippen LogP contribution in [0, 0.1) is 0 Å². The molecule has 21 heavy (non-hydrogen) atoms. The topological polar surface area (TPSA) is 88.7 Å². The van der Waals surface area contributed by atoms with Crippen LogP contribution in [0.3, 0.4) is 0 Å². The van der Waals surface area contributed by atoms with Gasteiger partial charge in [-0.05, 0) is 25.5 Å². The lowest BCUT2D eigenvalue weighted by Crippen LogP contribution is -2.43. The molecule has 0 saturated heterocycles. The third-order valence-electron chi connectivity index (χ3n) is 3.06. The molecule has 1 aromatic rings. The van der Waals surface area contributed by atoms with Crippen LogP contribution in [0.25, 0.3) is 0 Å². The van der Waals surface area contributed by atoms with Gasteiger partial charge in [-0.2, -0.15) is 0 Å². The number of carbonyl (C=O) groups is 2. The minimum Gasteiger partial charge on any atom is -0.454 e. The van der Waals surface area contributed by atoms with Crippen LogP contribution in [0.4, 0.5) is 10.5 Å². The number of hydrogen-bond acceptors (Lipinski definition) is 4. The van der Waals surface area contributed by atoms with Crippen molar-refractivity contribution in [2.75, 3.05) is 18.7 Å². The number of anilines is 1. The summed E-state index contributed by atoms with van der Waals surface area (Å²) in [5.74, 6) is 0.933. The molecule has 0 aliphatic carbocycles. The number of urea groups is 1. The fourth-order valence-corrected chi connectivity index (χ4v) is 1.72. The maximum Gasteiger partial charge on any atom is 0.315 e. The third kappa shape index (κ3) is 4.27. The molecule has 1 heterocycles. The second kappa shape index (κ2) is 6.83. The molecule has 1 aromatic carbocycles. The summed E-state index contributed by atoms with van der Waals surface area (Å²) in [6.07, 6.45) is 0.830. The van der Waals surface area contributed by atoms with Gasteiger partial charge in [0, 0.05) is 17.8 Å². The van der Waals surface area contributed by atoms with Crippen molar-refractivity contribution < 1.29 is 19.1 Å². The van der Waals surface area contributed by atoms with Crippen LogP contribution in [0.2, 0.25) is 0 Å². The van der Waals surface area contributed by atoms with Gasteiger partial charge in [-0.25, -0.2) is 4.79 Å². The second-order valence-corrected chi connectivity index (χ2v) is 4.75. The monoisotopic (exact) mass is 293 g/mol. The van der Waals surface area contributed by atoms with Crippen LogP contribution in [0.15, 0.2) is 18.2 Å². The van der Waals surface area contributed by atoms with Crippen LogP contribution < -0.4 is 25.4 Å². The van der Waals surface area contributed by atoms with Crippen LogP contribution in [0.1, 0.15) is 20.3 Å². The van der Waals surface area contributed by atoms with E-state index in [0.29, 0.717) is 17.2 Å². The lowest BCUT2D eigenvalue weighted by atomic mass is 10.2. The van der Waals surface area contributed by atoms with E-state index in [4.69, 9.17) is 9.47 Å². The highest BCUT2D eigenvalue weighted by Crippen LogP contribution is 2.34. The number of hydrogen-bond donors (Lipinski definition) is 3. The molecule has 7 heteroatoms. The van der Waals surface area contributed by atoms with Gasteiger partial charge in [0.25, 0.3) is 0 Å². The first-order valence-electron chi connectivity index (χ1n) is 6.82. The molecular weight excluding hydrogens is 274 g/mol. The van der Waals surface area contributed by atoms with E-state index in [9.17, 15) is 9.59 Å². The number of ether oxygens (including phenoxy) is 2. The van der Waals surface area contributed by atoms with Gasteiger partial charge in [-0.1, -0.05) is 6.92 Å². The first-order valence-corrected chi connectivity index (χ1v) is 6.82. The molecule has 0 aromatic heterocycles. The summed E-state index contributed by atoms with van der Waals surface area (Å²) in [6.45, 7) is 3.95. The van der Waals surface area contributed by atoms with Crippen LogP contribution >= 0.6 is 0 Å². The Kier molecular flexibility index (Phi) is 4.86. The minimum absolute atomic E-state index is 0.0712. The first kappa shape index (κ1) is 15.0. The molecule has 0 fully saturated rings. The molecule has 7 nitrogen and oxygen atoms in total. The summed E-state index contributed by atoms with van der Waals surface area (Å²) in [5.41, 5.74) is 0.591. The third-order valence-corrected chi connectivity index (χ3v) is 3.06. The van der Waals surface area contributed by atoms with Crippen molar-refractivity contribution in [3.05, 3.63) is 18.2 Å². The van der Waals surface area contributed by atoms with Crippen molar-refractivity contribution >= 4 is 17.6 Å². The quantitative estimate of drug-likeness (QED) is 0.766. The summed E-state index contributed by atoms with van der Waals surface area (Å²) in [7, 11) is 0. The van der Waals surface area contributed by atoms with Gasteiger partial charge in [0.05, 0.1) is 6.54 Å². The number of nitrogens with one attached hydrogen (secondary N) is 3. The van der Waals surface area contributed by atoms with E-state index in [1.807, 2.05) is 13.8 Å². The Morgan fingerprint density at radius 2 is 2.05 bits per heavy atom. The highest BCUT2D eigenvalue weighted by molar-refractivity contribution is 5.94. The van der Waals surface area contributed by atoms with Crippen LogP contribution in [-0.4, -0.2) is 31.3 Å². The number of rotatable bonds is 5. The Bertz CT molecular complexity index is 533. The van der Waals surface area contributed by atoms with Crippen molar-refractivity contribution in [1.29, 1.82) is 0 Å². The molecule has 0 bridgehead atoms. The predicted octanol–water partition coefficient (Wildman–Crippen LogP) is 1.45. The zero-order valence-electron chi connectivity index (χ0n) is 12.1. The lowest BCUT2D eigenvalue weighted by molar-refractivity contribution is -0.115. The Labute approximate surface area is 123 Å². The van der Waals surface area contributed by atoms with E-state index in [2.05, 4.69) is 16.0 Å². The normalized spacial score (nSPS) is 13.4. The van der Waals surface area contributed by atoms with Gasteiger partial charge in [-0.15, -0.1) is 0 Å². The smallest absolute Gasteiger partial charge is 0.315 e. The molecule has 1 aliphatic heterocycles. The number of carbonyl (C=O) groups excluding carboxylic acids is 2. The molecule has 3 amide bonds. The Morgan fingerprint density at radius 1 is 1.29 bits per heavy atom. The maximum absolute atomic E-state index is 11.7. The highest BCUT2D eigenvalue weighted by Gasteiger charge is 2.14. The van der Waals surface area contributed by atoms with Gasteiger partial charge in [0.15, 0.2) is 11.5 Å². The highest BCUT2D eigenvalue weighted by atomic mass is 16.7. The van der Waals surface area contributed by atoms with E-state index in [0.717, 1.165) is 6.42 Å². The van der Waals surface area contributed by atoms with Crippen LogP contribution in [-0.2, 0) is 4.79 Å². The molecule has 2 rings (SSSR count). The zero-order chi connectivity index (χ0) is 15.2. The van der Waals surface area contributed by atoms with Gasteiger partial charge in [-0.3, -0.25) is 4.79 Å². The van der Waals surface area contributed by atoms with Crippen molar-refractivity contribution in [2.45, 2.75) is 26.3 Å². The van der Waals surface area contributed by atoms with Gasteiger partial charge < -0.3 is 25.4 Å². The van der Waals surface area contributed by atoms with Crippen LogP contribution in [0.5, 0.6) is 11.5 Å². The molecule has 114 valence electrons. The molecule has 1 unspecified atom stereocenters. The summed E-state index contributed by atoms with van der Waals surface area (Å²) in [6, 6.07) is 4.83. The average Bonchev–Trinajstić information content (AvgIpc) is 2.92. The van der Waals surface area contributed by atoms with E-state index < -0.39 is 0 Å².